The first-order valence-electron chi connectivity index (χ1n) is 12.9. The summed E-state index contributed by atoms with van der Waals surface area (Å²) in [5.41, 5.74) is 5.32. The summed E-state index contributed by atoms with van der Waals surface area (Å²) in [6, 6.07) is 35.4. The van der Waals surface area contributed by atoms with Crippen LogP contribution in [0.3, 0.4) is 0 Å². The molecule has 5 rings (SSSR count). The second-order valence-corrected chi connectivity index (χ2v) is 9.25. The van der Waals surface area contributed by atoms with Crippen LogP contribution >= 0.6 is 0 Å². The molecule has 190 valence electrons. The minimum absolute atomic E-state index is 0.0226. The van der Waals surface area contributed by atoms with Crippen LogP contribution in [0.2, 0.25) is 0 Å². The van der Waals surface area contributed by atoms with Gasteiger partial charge in [0.1, 0.15) is 6.61 Å². The lowest BCUT2D eigenvalue weighted by molar-refractivity contribution is -0.145. The standard InChI is InChI=1S/C33H30N2O3/c36-32(38-24-26-13-5-2-6-14-26)19-10-20-35-23-30(29-17-7-8-18-31(29)35)33(37)27-15-9-16-28(21-27)34-22-25-11-3-1-4-12-25/h1-9,11-18,21,23,34H,10,19-20,22,24H2. The van der Waals surface area contributed by atoms with Crippen LogP contribution in [0.5, 0.6) is 0 Å². The van der Waals surface area contributed by atoms with Crippen molar-refractivity contribution < 1.29 is 14.3 Å². The molecule has 38 heavy (non-hydrogen) atoms. The topological polar surface area (TPSA) is 60.3 Å². The fraction of sp³-hybridized carbons (Fsp3) is 0.152. The summed E-state index contributed by atoms with van der Waals surface area (Å²) in [7, 11) is 0. The maximum Gasteiger partial charge on any atom is 0.306 e. The summed E-state index contributed by atoms with van der Waals surface area (Å²) in [4.78, 5) is 25.8. The van der Waals surface area contributed by atoms with Crippen LogP contribution < -0.4 is 5.32 Å². The molecule has 0 unspecified atom stereocenters. The molecule has 0 saturated heterocycles. The highest BCUT2D eigenvalue weighted by Gasteiger charge is 2.17. The molecule has 5 nitrogen and oxygen atoms in total. The number of hydrogen-bond acceptors (Lipinski definition) is 4. The molecule has 0 spiro atoms. The molecule has 0 aliphatic rings. The minimum atomic E-state index is -0.221. The molecule has 0 radical (unpaired) electrons. The van der Waals surface area contributed by atoms with Gasteiger partial charge in [-0.05, 0) is 35.7 Å². The van der Waals surface area contributed by atoms with Gasteiger partial charge >= 0.3 is 5.97 Å². The highest BCUT2D eigenvalue weighted by molar-refractivity contribution is 6.16. The number of nitrogens with zero attached hydrogens (tertiary/aromatic N) is 1. The molecule has 0 amide bonds. The van der Waals surface area contributed by atoms with E-state index in [0.717, 1.165) is 22.2 Å². The second kappa shape index (κ2) is 12.1. The number of carbonyl (C=O) groups is 2. The Labute approximate surface area is 222 Å². The number of nitrogens with one attached hydrogen (secondary N) is 1. The zero-order chi connectivity index (χ0) is 26.2. The number of fused-ring (bicyclic) bond motifs is 1. The Morgan fingerprint density at radius 2 is 1.47 bits per heavy atom. The zero-order valence-corrected chi connectivity index (χ0v) is 21.2. The number of ether oxygens (including phenoxy) is 1. The van der Waals surface area contributed by atoms with Gasteiger partial charge in [-0.3, -0.25) is 9.59 Å². The molecule has 0 bridgehead atoms. The maximum absolute atomic E-state index is 13.6. The Balaban J connectivity index is 1.25. The molecular weight excluding hydrogens is 472 g/mol. The molecule has 1 N–H and O–H groups in total. The van der Waals surface area contributed by atoms with Gasteiger partial charge in [0, 0.05) is 53.4 Å². The summed E-state index contributed by atoms with van der Waals surface area (Å²) >= 11 is 0. The molecule has 1 heterocycles. The zero-order valence-electron chi connectivity index (χ0n) is 21.2. The molecular formula is C33H30N2O3. The van der Waals surface area contributed by atoms with E-state index in [1.807, 2.05) is 103 Å². The van der Waals surface area contributed by atoms with Crippen LogP contribution in [-0.4, -0.2) is 16.3 Å². The van der Waals surface area contributed by atoms with E-state index in [1.54, 1.807) is 0 Å². The fourth-order valence-electron chi connectivity index (χ4n) is 4.54. The van der Waals surface area contributed by atoms with Crippen LogP contribution in [0.15, 0.2) is 115 Å². The number of esters is 1. The third-order valence-corrected chi connectivity index (χ3v) is 6.52. The SMILES string of the molecule is O=C(CCCn1cc(C(=O)c2cccc(NCc3ccccc3)c2)c2ccccc21)OCc1ccccc1. The van der Waals surface area contributed by atoms with Crippen molar-refractivity contribution in [1.29, 1.82) is 0 Å². The molecule has 0 aliphatic carbocycles. The van der Waals surface area contributed by atoms with Gasteiger partial charge in [0.15, 0.2) is 5.78 Å². The molecule has 0 aliphatic heterocycles. The number of benzene rings is 4. The van der Waals surface area contributed by atoms with E-state index in [9.17, 15) is 9.59 Å². The second-order valence-electron chi connectivity index (χ2n) is 9.25. The third kappa shape index (κ3) is 6.19. The van der Waals surface area contributed by atoms with Crippen molar-refractivity contribution in [1.82, 2.24) is 4.57 Å². The van der Waals surface area contributed by atoms with E-state index < -0.39 is 0 Å². The van der Waals surface area contributed by atoms with E-state index in [0.29, 0.717) is 37.1 Å². The lowest BCUT2D eigenvalue weighted by Gasteiger charge is -2.08. The van der Waals surface area contributed by atoms with Crippen LogP contribution in [0.1, 0.15) is 39.9 Å². The van der Waals surface area contributed by atoms with Gasteiger partial charge in [-0.2, -0.15) is 0 Å². The Bertz CT molecular complexity index is 1520. The smallest absolute Gasteiger partial charge is 0.306 e. The molecule has 1 aromatic heterocycles. The van der Waals surface area contributed by atoms with Gasteiger partial charge < -0.3 is 14.6 Å². The van der Waals surface area contributed by atoms with Crippen molar-refractivity contribution in [2.75, 3.05) is 5.32 Å². The van der Waals surface area contributed by atoms with Gasteiger partial charge in [-0.15, -0.1) is 0 Å². The number of hydrogen-bond donors (Lipinski definition) is 1. The van der Waals surface area contributed by atoms with Crippen molar-refractivity contribution in [3.8, 4) is 0 Å². The first kappa shape index (κ1) is 25.0. The number of aryl methyl sites for hydroxylation is 1. The number of carbonyl (C=O) groups excluding carboxylic acids is 2. The van der Waals surface area contributed by atoms with E-state index in [4.69, 9.17) is 4.74 Å². The predicted octanol–water partition coefficient (Wildman–Crippen LogP) is 7.01. The molecule has 0 atom stereocenters. The third-order valence-electron chi connectivity index (χ3n) is 6.52. The molecule has 0 saturated carbocycles. The van der Waals surface area contributed by atoms with Gasteiger partial charge in [0.05, 0.1) is 0 Å². The van der Waals surface area contributed by atoms with Crippen molar-refractivity contribution >= 4 is 28.3 Å². The lowest BCUT2D eigenvalue weighted by Crippen LogP contribution is -2.07. The summed E-state index contributed by atoms with van der Waals surface area (Å²) in [5.74, 6) is -0.244. The Hall–Kier alpha value is -4.64. The van der Waals surface area contributed by atoms with Gasteiger partial charge in [-0.1, -0.05) is 91.0 Å². The molecule has 5 heteroatoms. The van der Waals surface area contributed by atoms with Gasteiger partial charge in [0.2, 0.25) is 0 Å². The Morgan fingerprint density at radius 1 is 0.763 bits per heavy atom. The van der Waals surface area contributed by atoms with Crippen LogP contribution in [0.25, 0.3) is 10.9 Å². The maximum atomic E-state index is 13.6. The first-order chi connectivity index (χ1) is 18.7. The van der Waals surface area contributed by atoms with Crippen molar-refractivity contribution in [2.45, 2.75) is 32.5 Å². The molecule has 0 fully saturated rings. The number of ketones is 1. The van der Waals surface area contributed by atoms with Crippen molar-refractivity contribution in [3.63, 3.8) is 0 Å². The highest BCUT2D eigenvalue weighted by atomic mass is 16.5. The summed E-state index contributed by atoms with van der Waals surface area (Å²) in [5, 5.41) is 4.32. The summed E-state index contributed by atoms with van der Waals surface area (Å²) in [6.45, 7) is 1.59. The van der Waals surface area contributed by atoms with Crippen molar-refractivity contribution in [3.05, 3.63) is 138 Å². The molecule has 4 aromatic carbocycles. The van der Waals surface area contributed by atoms with Gasteiger partial charge in [-0.25, -0.2) is 0 Å². The normalized spacial score (nSPS) is 10.8. The van der Waals surface area contributed by atoms with E-state index in [-0.39, 0.29) is 18.4 Å². The largest absolute Gasteiger partial charge is 0.461 e. The lowest BCUT2D eigenvalue weighted by atomic mass is 10.0. The number of rotatable bonds is 11. The Morgan fingerprint density at radius 3 is 2.26 bits per heavy atom. The molecule has 5 aromatic rings. The van der Waals surface area contributed by atoms with E-state index in [1.165, 1.54) is 5.56 Å². The van der Waals surface area contributed by atoms with Crippen LogP contribution in [-0.2, 0) is 29.2 Å². The quantitative estimate of drug-likeness (QED) is 0.156. The van der Waals surface area contributed by atoms with E-state index in [2.05, 4.69) is 22.0 Å². The van der Waals surface area contributed by atoms with Gasteiger partial charge in [0.25, 0.3) is 0 Å². The summed E-state index contributed by atoms with van der Waals surface area (Å²) in [6.07, 6.45) is 2.85. The highest BCUT2D eigenvalue weighted by Crippen LogP contribution is 2.25. The number of para-hydroxylation sites is 1. The number of anilines is 1. The monoisotopic (exact) mass is 502 g/mol. The summed E-state index contributed by atoms with van der Waals surface area (Å²) < 4.78 is 7.47. The Kier molecular flexibility index (Phi) is 7.95. The minimum Gasteiger partial charge on any atom is -0.461 e. The van der Waals surface area contributed by atoms with Crippen LogP contribution in [0, 0.1) is 0 Å². The number of aromatic nitrogens is 1. The predicted molar refractivity (Wildman–Crippen MR) is 151 cm³/mol. The average Bonchev–Trinajstić information content (AvgIpc) is 3.34. The van der Waals surface area contributed by atoms with Crippen LogP contribution in [0.4, 0.5) is 5.69 Å². The van der Waals surface area contributed by atoms with E-state index >= 15 is 0 Å². The van der Waals surface area contributed by atoms with Crippen molar-refractivity contribution in [2.24, 2.45) is 0 Å². The average molecular weight is 503 g/mol. The fourth-order valence-corrected chi connectivity index (χ4v) is 4.54. The first-order valence-corrected chi connectivity index (χ1v) is 12.9.